The second-order valence-electron chi connectivity index (χ2n) is 4.41. The lowest BCUT2D eigenvalue weighted by Gasteiger charge is -2.21. The lowest BCUT2D eigenvalue weighted by Crippen LogP contribution is -2.25. The van der Waals surface area contributed by atoms with Gasteiger partial charge < -0.3 is 5.73 Å². The van der Waals surface area contributed by atoms with Crippen LogP contribution in [0.15, 0.2) is 18.2 Å². The van der Waals surface area contributed by atoms with Crippen LogP contribution in [0.3, 0.4) is 0 Å². The van der Waals surface area contributed by atoms with Gasteiger partial charge in [-0.25, -0.2) is 4.39 Å². The SMILES string of the molecule is CCCN(CCC)Cc1ccc(CN)cc1F. The maximum atomic E-state index is 13.8. The fourth-order valence-corrected chi connectivity index (χ4v) is 1.99. The van der Waals surface area contributed by atoms with Crippen molar-refractivity contribution in [2.45, 2.75) is 39.8 Å². The number of halogens is 1. The van der Waals surface area contributed by atoms with Gasteiger partial charge in [-0.1, -0.05) is 26.0 Å². The molecule has 17 heavy (non-hydrogen) atoms. The predicted molar refractivity (Wildman–Crippen MR) is 70.2 cm³/mol. The van der Waals surface area contributed by atoms with E-state index in [1.807, 2.05) is 12.1 Å². The van der Waals surface area contributed by atoms with E-state index in [2.05, 4.69) is 18.7 Å². The Balaban J connectivity index is 2.71. The molecule has 0 radical (unpaired) electrons. The van der Waals surface area contributed by atoms with Gasteiger partial charge in [0, 0.05) is 18.7 Å². The molecule has 0 aliphatic carbocycles. The summed E-state index contributed by atoms with van der Waals surface area (Å²) in [5.41, 5.74) is 7.11. The van der Waals surface area contributed by atoms with Crippen LogP contribution in [-0.4, -0.2) is 18.0 Å². The standard InChI is InChI=1S/C14H23FN2/c1-3-7-17(8-4-2)11-13-6-5-12(10-16)9-14(13)15/h5-6,9H,3-4,7-8,10-11,16H2,1-2H3. The summed E-state index contributed by atoms with van der Waals surface area (Å²) in [5.74, 6) is -0.134. The average molecular weight is 238 g/mol. The molecule has 0 fully saturated rings. The van der Waals surface area contributed by atoms with Gasteiger partial charge in [-0.2, -0.15) is 0 Å². The summed E-state index contributed by atoms with van der Waals surface area (Å²) in [6, 6.07) is 5.32. The highest BCUT2D eigenvalue weighted by Gasteiger charge is 2.08. The third-order valence-corrected chi connectivity index (χ3v) is 2.83. The Labute approximate surface area is 104 Å². The number of hydrogen-bond acceptors (Lipinski definition) is 2. The minimum absolute atomic E-state index is 0.134. The Morgan fingerprint density at radius 2 is 1.82 bits per heavy atom. The third kappa shape index (κ3) is 4.44. The minimum Gasteiger partial charge on any atom is -0.326 e. The van der Waals surface area contributed by atoms with Gasteiger partial charge >= 0.3 is 0 Å². The van der Waals surface area contributed by atoms with Gasteiger partial charge in [-0.05, 0) is 37.6 Å². The predicted octanol–water partition coefficient (Wildman–Crippen LogP) is 2.91. The zero-order chi connectivity index (χ0) is 12.7. The normalized spacial score (nSPS) is 11.1. The molecule has 2 N–H and O–H groups in total. The molecule has 1 rings (SSSR count). The average Bonchev–Trinajstić information content (AvgIpc) is 2.32. The largest absolute Gasteiger partial charge is 0.326 e. The van der Waals surface area contributed by atoms with Crippen molar-refractivity contribution < 1.29 is 4.39 Å². The molecule has 0 atom stereocenters. The highest BCUT2D eigenvalue weighted by molar-refractivity contribution is 5.24. The van der Waals surface area contributed by atoms with Gasteiger partial charge in [-0.15, -0.1) is 0 Å². The van der Waals surface area contributed by atoms with Crippen LogP contribution in [0.1, 0.15) is 37.8 Å². The molecule has 0 amide bonds. The topological polar surface area (TPSA) is 29.3 Å². The number of rotatable bonds is 7. The van der Waals surface area contributed by atoms with Gasteiger partial charge in [0.05, 0.1) is 0 Å². The first-order valence-electron chi connectivity index (χ1n) is 6.41. The molecule has 0 bridgehead atoms. The number of nitrogens with zero attached hydrogens (tertiary/aromatic N) is 1. The molecular weight excluding hydrogens is 215 g/mol. The number of nitrogens with two attached hydrogens (primary N) is 1. The third-order valence-electron chi connectivity index (χ3n) is 2.83. The zero-order valence-corrected chi connectivity index (χ0v) is 10.9. The highest BCUT2D eigenvalue weighted by Crippen LogP contribution is 2.13. The van der Waals surface area contributed by atoms with Crippen molar-refractivity contribution in [3.8, 4) is 0 Å². The van der Waals surface area contributed by atoms with Crippen molar-refractivity contribution in [2.24, 2.45) is 5.73 Å². The molecular formula is C14H23FN2. The van der Waals surface area contributed by atoms with E-state index >= 15 is 0 Å². The van der Waals surface area contributed by atoms with Gasteiger partial charge in [-0.3, -0.25) is 4.90 Å². The molecule has 1 aromatic carbocycles. The first-order valence-corrected chi connectivity index (χ1v) is 6.41. The molecule has 96 valence electrons. The second kappa shape index (κ2) is 7.41. The lowest BCUT2D eigenvalue weighted by molar-refractivity contribution is 0.263. The zero-order valence-electron chi connectivity index (χ0n) is 10.9. The van der Waals surface area contributed by atoms with Crippen LogP contribution in [0, 0.1) is 5.82 Å². The van der Waals surface area contributed by atoms with Crippen molar-refractivity contribution in [3.63, 3.8) is 0 Å². The van der Waals surface area contributed by atoms with Crippen molar-refractivity contribution in [2.75, 3.05) is 13.1 Å². The fraction of sp³-hybridized carbons (Fsp3) is 0.571. The van der Waals surface area contributed by atoms with Crippen LogP contribution in [0.2, 0.25) is 0 Å². The van der Waals surface area contributed by atoms with Crippen molar-refractivity contribution in [3.05, 3.63) is 35.1 Å². The molecule has 0 heterocycles. The Hall–Kier alpha value is -0.930. The van der Waals surface area contributed by atoms with Crippen LogP contribution < -0.4 is 5.73 Å². The van der Waals surface area contributed by atoms with E-state index in [-0.39, 0.29) is 5.82 Å². The Kier molecular flexibility index (Phi) is 6.16. The van der Waals surface area contributed by atoms with Crippen LogP contribution in [0.4, 0.5) is 4.39 Å². The highest BCUT2D eigenvalue weighted by atomic mass is 19.1. The molecule has 0 aliphatic rings. The summed E-state index contributed by atoms with van der Waals surface area (Å²) in [4.78, 5) is 2.29. The van der Waals surface area contributed by atoms with Gasteiger partial charge in [0.1, 0.15) is 5.82 Å². The summed E-state index contributed by atoms with van der Waals surface area (Å²) < 4.78 is 13.8. The van der Waals surface area contributed by atoms with Crippen LogP contribution >= 0.6 is 0 Å². The van der Waals surface area contributed by atoms with Gasteiger partial charge in [0.2, 0.25) is 0 Å². The molecule has 0 saturated heterocycles. The fourth-order valence-electron chi connectivity index (χ4n) is 1.99. The Bertz CT molecular complexity index is 333. The van der Waals surface area contributed by atoms with E-state index in [1.165, 1.54) is 0 Å². The first kappa shape index (κ1) is 14.1. The molecule has 0 aliphatic heterocycles. The summed E-state index contributed by atoms with van der Waals surface area (Å²) in [5, 5.41) is 0. The molecule has 2 nitrogen and oxygen atoms in total. The molecule has 0 spiro atoms. The van der Waals surface area contributed by atoms with Gasteiger partial charge in [0.15, 0.2) is 0 Å². The Morgan fingerprint density at radius 3 is 2.29 bits per heavy atom. The maximum absolute atomic E-state index is 13.8. The van der Waals surface area contributed by atoms with E-state index in [1.54, 1.807) is 6.07 Å². The molecule has 0 unspecified atom stereocenters. The smallest absolute Gasteiger partial charge is 0.128 e. The summed E-state index contributed by atoms with van der Waals surface area (Å²) in [7, 11) is 0. The summed E-state index contributed by atoms with van der Waals surface area (Å²) >= 11 is 0. The monoisotopic (exact) mass is 238 g/mol. The molecule has 0 saturated carbocycles. The van der Waals surface area contributed by atoms with Crippen LogP contribution in [0.25, 0.3) is 0 Å². The van der Waals surface area contributed by atoms with E-state index in [4.69, 9.17) is 5.73 Å². The van der Waals surface area contributed by atoms with E-state index < -0.39 is 0 Å². The Morgan fingerprint density at radius 1 is 1.18 bits per heavy atom. The molecule has 0 aromatic heterocycles. The van der Waals surface area contributed by atoms with Crippen molar-refractivity contribution in [1.82, 2.24) is 4.90 Å². The summed E-state index contributed by atoms with van der Waals surface area (Å²) in [6.45, 7) is 7.42. The van der Waals surface area contributed by atoms with Crippen molar-refractivity contribution in [1.29, 1.82) is 0 Å². The van der Waals surface area contributed by atoms with E-state index in [9.17, 15) is 4.39 Å². The van der Waals surface area contributed by atoms with E-state index in [0.29, 0.717) is 13.1 Å². The molecule has 1 aromatic rings. The van der Waals surface area contributed by atoms with Crippen LogP contribution in [0.5, 0.6) is 0 Å². The van der Waals surface area contributed by atoms with Crippen molar-refractivity contribution >= 4 is 0 Å². The maximum Gasteiger partial charge on any atom is 0.128 e. The van der Waals surface area contributed by atoms with Crippen LogP contribution in [-0.2, 0) is 13.1 Å². The van der Waals surface area contributed by atoms with Gasteiger partial charge in [0.25, 0.3) is 0 Å². The van der Waals surface area contributed by atoms with E-state index in [0.717, 1.165) is 37.1 Å². The quantitative estimate of drug-likeness (QED) is 0.791. The minimum atomic E-state index is -0.134. The molecule has 3 heteroatoms. The first-order chi connectivity index (χ1) is 8.21. The number of benzene rings is 1. The summed E-state index contributed by atoms with van der Waals surface area (Å²) in [6.07, 6.45) is 2.20. The second-order valence-corrected chi connectivity index (χ2v) is 4.41. The lowest BCUT2D eigenvalue weighted by atomic mass is 10.1. The number of hydrogen-bond donors (Lipinski definition) is 1.